The molecule has 4 heteroatoms. The molecule has 0 amide bonds. The third-order valence-corrected chi connectivity index (χ3v) is 2.85. The summed E-state index contributed by atoms with van der Waals surface area (Å²) in [6, 6.07) is 0. The molecule has 1 aromatic rings. The van der Waals surface area contributed by atoms with Crippen molar-refractivity contribution in [3.63, 3.8) is 0 Å². The van der Waals surface area contributed by atoms with Crippen molar-refractivity contribution >= 4 is 17.6 Å². The molecule has 3 nitrogen and oxygen atoms in total. The average Bonchev–Trinajstić information content (AvgIpc) is 2.18. The summed E-state index contributed by atoms with van der Waals surface area (Å²) >= 11 is 1.78. The first-order chi connectivity index (χ1) is 7.22. The molecule has 0 unspecified atom stereocenters. The maximum atomic E-state index is 4.45. The van der Waals surface area contributed by atoms with E-state index in [9.17, 15) is 0 Å². The first-order valence-electron chi connectivity index (χ1n) is 5.41. The molecule has 1 rings (SSSR count). The van der Waals surface area contributed by atoms with Crippen molar-refractivity contribution in [3.05, 3.63) is 12.4 Å². The minimum Gasteiger partial charge on any atom is -0.369 e. The lowest BCUT2D eigenvalue weighted by Crippen LogP contribution is -2.00. The van der Waals surface area contributed by atoms with Gasteiger partial charge < -0.3 is 5.32 Å². The molecule has 0 fully saturated rings. The van der Waals surface area contributed by atoms with Crippen LogP contribution in [0.2, 0.25) is 0 Å². The third kappa shape index (κ3) is 5.02. The summed E-state index contributed by atoms with van der Waals surface area (Å²) < 4.78 is 0. The van der Waals surface area contributed by atoms with Gasteiger partial charge in [0.25, 0.3) is 0 Å². The zero-order valence-electron chi connectivity index (χ0n) is 9.66. The summed E-state index contributed by atoms with van der Waals surface area (Å²) in [6.45, 7) is 7.41. The van der Waals surface area contributed by atoms with Gasteiger partial charge in [-0.3, -0.25) is 4.98 Å². The van der Waals surface area contributed by atoms with E-state index in [0.717, 1.165) is 29.1 Å². The second kappa shape index (κ2) is 6.67. The molecule has 1 N–H and O–H groups in total. The first-order valence-corrected chi connectivity index (χ1v) is 6.39. The van der Waals surface area contributed by atoms with Crippen LogP contribution < -0.4 is 5.32 Å². The molecule has 0 saturated carbocycles. The van der Waals surface area contributed by atoms with E-state index in [1.165, 1.54) is 6.42 Å². The Bertz CT molecular complexity index is 289. The number of hydrogen-bond acceptors (Lipinski definition) is 4. The lowest BCUT2D eigenvalue weighted by molar-refractivity contribution is 0.632. The molecule has 0 bridgehead atoms. The fraction of sp³-hybridized carbons (Fsp3) is 0.636. The smallest absolute Gasteiger partial charge is 0.145 e. The Kier molecular flexibility index (Phi) is 5.47. The van der Waals surface area contributed by atoms with Crippen LogP contribution in [-0.2, 0) is 0 Å². The fourth-order valence-corrected chi connectivity index (χ4v) is 2.18. The van der Waals surface area contributed by atoms with Crippen LogP contribution in [-0.4, -0.2) is 22.3 Å². The van der Waals surface area contributed by atoms with Crippen LogP contribution in [0.15, 0.2) is 17.4 Å². The van der Waals surface area contributed by atoms with E-state index < -0.39 is 0 Å². The molecule has 0 aliphatic rings. The minimum atomic E-state index is 0.752. The van der Waals surface area contributed by atoms with Crippen molar-refractivity contribution in [2.45, 2.75) is 32.2 Å². The van der Waals surface area contributed by atoms with Crippen LogP contribution >= 0.6 is 11.8 Å². The van der Waals surface area contributed by atoms with Crippen LogP contribution in [0.5, 0.6) is 0 Å². The highest BCUT2D eigenvalue weighted by atomic mass is 32.2. The Labute approximate surface area is 96.1 Å². The predicted molar refractivity (Wildman–Crippen MR) is 66.4 cm³/mol. The van der Waals surface area contributed by atoms with E-state index in [0.29, 0.717) is 0 Å². The van der Waals surface area contributed by atoms with Crippen LogP contribution in [0.4, 0.5) is 5.82 Å². The van der Waals surface area contributed by atoms with E-state index in [4.69, 9.17) is 0 Å². The van der Waals surface area contributed by atoms with Crippen molar-refractivity contribution in [3.8, 4) is 0 Å². The normalized spacial score (nSPS) is 10.7. The van der Waals surface area contributed by atoms with Crippen molar-refractivity contribution in [1.29, 1.82) is 0 Å². The van der Waals surface area contributed by atoms with E-state index in [2.05, 4.69) is 36.1 Å². The molecule has 15 heavy (non-hydrogen) atoms. The Morgan fingerprint density at radius 3 is 2.87 bits per heavy atom. The highest BCUT2D eigenvalue weighted by molar-refractivity contribution is 7.99. The van der Waals surface area contributed by atoms with Crippen molar-refractivity contribution in [1.82, 2.24) is 9.97 Å². The van der Waals surface area contributed by atoms with Gasteiger partial charge in [-0.25, -0.2) is 4.98 Å². The molecule has 0 aliphatic heterocycles. The molecule has 1 heterocycles. The second-order valence-corrected chi connectivity index (χ2v) is 4.92. The summed E-state index contributed by atoms with van der Waals surface area (Å²) in [4.78, 5) is 8.60. The maximum absolute atomic E-state index is 4.45. The number of aromatic nitrogens is 2. The van der Waals surface area contributed by atoms with Crippen molar-refractivity contribution < 1.29 is 0 Å². The fourth-order valence-electron chi connectivity index (χ4n) is 1.08. The van der Waals surface area contributed by atoms with Crippen LogP contribution in [0, 0.1) is 5.92 Å². The standard InChI is InChI=1S/C11H19N3S/c1-4-13-10-7-12-8-11(14-10)15-6-5-9(2)3/h7-9H,4-6H2,1-3H3,(H,13,14). The van der Waals surface area contributed by atoms with Crippen molar-refractivity contribution in [2.24, 2.45) is 5.92 Å². The lowest BCUT2D eigenvalue weighted by Gasteiger charge is -2.05. The molecule has 0 spiro atoms. The summed E-state index contributed by atoms with van der Waals surface area (Å²) in [5.74, 6) is 2.73. The number of nitrogens with zero attached hydrogens (tertiary/aromatic N) is 2. The summed E-state index contributed by atoms with van der Waals surface area (Å²) in [5, 5.41) is 4.17. The van der Waals surface area contributed by atoms with E-state index >= 15 is 0 Å². The topological polar surface area (TPSA) is 37.8 Å². The number of rotatable bonds is 6. The minimum absolute atomic E-state index is 0.752. The van der Waals surface area contributed by atoms with Gasteiger partial charge in [0, 0.05) is 6.54 Å². The zero-order chi connectivity index (χ0) is 11.1. The van der Waals surface area contributed by atoms with Gasteiger partial charge in [0.1, 0.15) is 10.8 Å². The number of anilines is 1. The molecule has 0 saturated heterocycles. The molecule has 0 radical (unpaired) electrons. The van der Waals surface area contributed by atoms with Gasteiger partial charge in [-0.15, -0.1) is 11.8 Å². The molecule has 0 atom stereocenters. The van der Waals surface area contributed by atoms with Crippen LogP contribution in [0.25, 0.3) is 0 Å². The molecular weight excluding hydrogens is 206 g/mol. The maximum Gasteiger partial charge on any atom is 0.145 e. The van der Waals surface area contributed by atoms with Crippen LogP contribution in [0.3, 0.4) is 0 Å². The molecular formula is C11H19N3S. The molecule has 1 aromatic heterocycles. The second-order valence-electron chi connectivity index (χ2n) is 3.80. The van der Waals surface area contributed by atoms with E-state index in [1.807, 2.05) is 6.20 Å². The van der Waals surface area contributed by atoms with Gasteiger partial charge in [0.2, 0.25) is 0 Å². The van der Waals surface area contributed by atoms with E-state index in [1.54, 1.807) is 18.0 Å². The van der Waals surface area contributed by atoms with E-state index in [-0.39, 0.29) is 0 Å². The quantitative estimate of drug-likeness (QED) is 0.755. The molecule has 0 aromatic carbocycles. The van der Waals surface area contributed by atoms with Gasteiger partial charge in [-0.1, -0.05) is 13.8 Å². The monoisotopic (exact) mass is 225 g/mol. The Balaban J connectivity index is 2.43. The Morgan fingerprint density at radius 1 is 1.40 bits per heavy atom. The molecule has 84 valence electrons. The first kappa shape index (κ1) is 12.3. The number of nitrogens with one attached hydrogen (secondary N) is 1. The Morgan fingerprint density at radius 2 is 2.20 bits per heavy atom. The highest BCUT2D eigenvalue weighted by Crippen LogP contribution is 2.18. The lowest BCUT2D eigenvalue weighted by atomic mass is 10.2. The largest absolute Gasteiger partial charge is 0.369 e. The van der Waals surface area contributed by atoms with Gasteiger partial charge in [0.05, 0.1) is 12.4 Å². The van der Waals surface area contributed by atoms with Gasteiger partial charge in [-0.2, -0.15) is 0 Å². The zero-order valence-corrected chi connectivity index (χ0v) is 10.5. The summed E-state index contributed by atoms with van der Waals surface area (Å²) in [7, 11) is 0. The SMILES string of the molecule is CCNc1cncc(SCCC(C)C)n1. The predicted octanol–water partition coefficient (Wildman–Crippen LogP) is 3.05. The molecule has 0 aliphatic carbocycles. The highest BCUT2D eigenvalue weighted by Gasteiger charge is 2.00. The van der Waals surface area contributed by atoms with Gasteiger partial charge in [-0.05, 0) is 25.0 Å². The number of thioether (sulfide) groups is 1. The van der Waals surface area contributed by atoms with Crippen LogP contribution in [0.1, 0.15) is 27.2 Å². The Hall–Kier alpha value is -0.770. The summed E-state index contributed by atoms with van der Waals surface area (Å²) in [6.07, 6.45) is 4.81. The third-order valence-electron chi connectivity index (χ3n) is 1.92. The summed E-state index contributed by atoms with van der Waals surface area (Å²) in [5.41, 5.74) is 0. The van der Waals surface area contributed by atoms with Gasteiger partial charge in [0.15, 0.2) is 0 Å². The van der Waals surface area contributed by atoms with Gasteiger partial charge >= 0.3 is 0 Å². The van der Waals surface area contributed by atoms with Crippen molar-refractivity contribution in [2.75, 3.05) is 17.6 Å². The number of hydrogen-bond donors (Lipinski definition) is 1. The average molecular weight is 225 g/mol.